The van der Waals surface area contributed by atoms with Crippen molar-refractivity contribution in [1.29, 1.82) is 0 Å². The van der Waals surface area contributed by atoms with Crippen LogP contribution in [0.5, 0.6) is 5.88 Å². The summed E-state index contributed by atoms with van der Waals surface area (Å²) in [6.07, 6.45) is 6.83. The van der Waals surface area contributed by atoms with E-state index in [1.54, 1.807) is 48.9 Å². The molecule has 0 saturated heterocycles. The number of ether oxygens (including phenoxy) is 1. The van der Waals surface area contributed by atoms with Crippen LogP contribution in [0.25, 0.3) is 11.3 Å². The molecule has 0 bridgehead atoms. The number of phosphoric ester groups is 1. The van der Waals surface area contributed by atoms with Crippen LogP contribution in [0, 0.1) is 0 Å². The number of pyridine rings is 3. The van der Waals surface area contributed by atoms with Crippen molar-refractivity contribution in [3.05, 3.63) is 83.0 Å². The van der Waals surface area contributed by atoms with Gasteiger partial charge in [-0.2, -0.15) is 0 Å². The van der Waals surface area contributed by atoms with Crippen LogP contribution in [0.1, 0.15) is 16.8 Å². The average Bonchev–Trinajstić information content (AvgIpc) is 3.26. The maximum atomic E-state index is 10.8. The highest BCUT2D eigenvalue weighted by Crippen LogP contribution is 2.30. The van der Waals surface area contributed by atoms with E-state index in [-0.39, 0.29) is 12.4 Å². The fourth-order valence-corrected chi connectivity index (χ4v) is 3.47. The maximum Gasteiger partial charge on any atom is 0.285 e. The van der Waals surface area contributed by atoms with Gasteiger partial charge in [-0.15, -0.1) is 0 Å². The van der Waals surface area contributed by atoms with E-state index in [4.69, 9.17) is 31.5 Å². The monoisotopic (exact) mass is 503 g/mol. The number of hydrogen-bond acceptors (Lipinski definition) is 9. The Morgan fingerprint density at radius 1 is 1.26 bits per heavy atom. The van der Waals surface area contributed by atoms with Gasteiger partial charge in [-0.1, -0.05) is 22.8 Å². The SMILES string of the molecule is Nc1c(-c2cc(Cc3ccc(OCc4ccncc4Cl)nc3)no2)ccc[n+]1COP(=O)([O-])O. The molecule has 4 aromatic heterocycles. The van der Waals surface area contributed by atoms with Gasteiger partial charge in [0.2, 0.25) is 5.88 Å². The number of aromatic nitrogens is 4. The second-order valence-corrected chi connectivity index (χ2v) is 8.73. The first-order valence-electron chi connectivity index (χ1n) is 9.87. The van der Waals surface area contributed by atoms with Crippen molar-refractivity contribution in [2.75, 3.05) is 5.73 Å². The molecule has 34 heavy (non-hydrogen) atoms. The molecule has 0 fully saturated rings. The topological polar surface area (TPSA) is 161 Å². The van der Waals surface area contributed by atoms with Crippen LogP contribution in [0.15, 0.2) is 65.7 Å². The average molecular weight is 504 g/mol. The van der Waals surface area contributed by atoms with Crippen LogP contribution in [-0.4, -0.2) is 20.0 Å². The maximum absolute atomic E-state index is 10.8. The van der Waals surface area contributed by atoms with Gasteiger partial charge in [-0.05, 0) is 23.8 Å². The lowest BCUT2D eigenvalue weighted by Gasteiger charge is -2.14. The number of rotatable bonds is 9. The molecule has 0 aliphatic rings. The molecule has 3 N–H and O–H groups in total. The van der Waals surface area contributed by atoms with Gasteiger partial charge >= 0.3 is 0 Å². The first-order valence-corrected chi connectivity index (χ1v) is 11.7. The highest BCUT2D eigenvalue weighted by Gasteiger charge is 2.18. The van der Waals surface area contributed by atoms with E-state index < -0.39 is 14.6 Å². The van der Waals surface area contributed by atoms with E-state index >= 15 is 0 Å². The van der Waals surface area contributed by atoms with Gasteiger partial charge in [0.15, 0.2) is 12.5 Å². The normalized spacial score (nSPS) is 12.9. The molecule has 11 nitrogen and oxygen atoms in total. The molecule has 4 aromatic rings. The van der Waals surface area contributed by atoms with Crippen LogP contribution in [0.4, 0.5) is 5.82 Å². The van der Waals surface area contributed by atoms with Crippen molar-refractivity contribution in [2.45, 2.75) is 19.8 Å². The summed E-state index contributed by atoms with van der Waals surface area (Å²) in [4.78, 5) is 27.9. The molecule has 176 valence electrons. The Morgan fingerprint density at radius 2 is 2.12 bits per heavy atom. The summed E-state index contributed by atoms with van der Waals surface area (Å²) in [5.74, 6) is 1.02. The van der Waals surface area contributed by atoms with E-state index in [1.807, 2.05) is 6.07 Å². The molecule has 0 aliphatic carbocycles. The fourth-order valence-electron chi connectivity index (χ4n) is 3.02. The Kier molecular flexibility index (Phi) is 7.20. The van der Waals surface area contributed by atoms with E-state index in [9.17, 15) is 9.46 Å². The largest absolute Gasteiger partial charge is 0.756 e. The standard InChI is InChI=1S/C21H19ClN5O6P/c22-18-11-24-6-5-15(18)12-31-20-4-3-14(10-25-20)8-16-9-19(33-26-16)17-2-1-7-27(21(17)23)13-32-34(28,29)30/h1-7,9-11,23H,8,12-13H2,(H2,28,29,30). The minimum absolute atomic E-state index is 0.177. The summed E-state index contributed by atoms with van der Waals surface area (Å²) >= 11 is 6.08. The van der Waals surface area contributed by atoms with Crippen LogP contribution in [-0.2, 0) is 28.8 Å². The third-order valence-corrected chi connectivity index (χ3v) is 5.50. The molecule has 0 radical (unpaired) electrons. The number of nitrogen functional groups attached to an aromatic ring is 1. The van der Waals surface area contributed by atoms with E-state index in [0.717, 1.165) is 11.1 Å². The first-order chi connectivity index (χ1) is 16.3. The zero-order valence-electron chi connectivity index (χ0n) is 17.6. The van der Waals surface area contributed by atoms with Crippen LogP contribution in [0.3, 0.4) is 0 Å². The third-order valence-electron chi connectivity index (χ3n) is 4.71. The summed E-state index contributed by atoms with van der Waals surface area (Å²) in [6, 6.07) is 10.4. The quantitative estimate of drug-likeness (QED) is 0.256. The Morgan fingerprint density at radius 3 is 2.85 bits per heavy atom. The number of nitrogens with two attached hydrogens (primary N) is 1. The molecule has 1 atom stereocenters. The summed E-state index contributed by atoms with van der Waals surface area (Å²) < 4.78 is 27.6. The molecule has 4 rings (SSSR count). The van der Waals surface area contributed by atoms with Crippen molar-refractivity contribution >= 4 is 25.2 Å². The minimum atomic E-state index is -4.88. The molecular weight excluding hydrogens is 485 g/mol. The zero-order valence-corrected chi connectivity index (χ0v) is 19.2. The summed E-state index contributed by atoms with van der Waals surface area (Å²) in [5, 5.41) is 4.59. The van der Waals surface area contributed by atoms with Gasteiger partial charge in [-0.3, -0.25) is 19.8 Å². The summed E-state index contributed by atoms with van der Waals surface area (Å²) in [6.45, 7) is -0.208. The van der Waals surface area contributed by atoms with E-state index in [1.165, 1.54) is 10.8 Å². The third kappa shape index (κ3) is 6.16. The fraction of sp³-hybridized carbons (Fsp3) is 0.143. The zero-order chi connectivity index (χ0) is 24.1. The van der Waals surface area contributed by atoms with Gasteiger partial charge < -0.3 is 19.0 Å². The van der Waals surface area contributed by atoms with E-state index in [0.29, 0.717) is 34.3 Å². The number of anilines is 1. The molecule has 1 unspecified atom stereocenters. The molecule has 0 aromatic carbocycles. The second kappa shape index (κ2) is 10.3. The van der Waals surface area contributed by atoms with Crippen LogP contribution in [0.2, 0.25) is 5.02 Å². The molecule has 0 saturated carbocycles. The summed E-state index contributed by atoms with van der Waals surface area (Å²) in [7, 11) is -4.88. The van der Waals surface area contributed by atoms with Crippen molar-refractivity contribution in [3.63, 3.8) is 0 Å². The van der Waals surface area contributed by atoms with Gasteiger partial charge in [0, 0.05) is 42.7 Å². The molecular formula is C21H19ClN5O6P. The number of phosphoric acid groups is 1. The Labute approximate surface area is 199 Å². The molecule has 0 aliphatic heterocycles. The molecule has 0 spiro atoms. The van der Waals surface area contributed by atoms with Gasteiger partial charge in [0.25, 0.3) is 13.6 Å². The number of hydrogen-bond donors (Lipinski definition) is 2. The second-order valence-electron chi connectivity index (χ2n) is 7.12. The Balaban J connectivity index is 1.40. The highest BCUT2D eigenvalue weighted by molar-refractivity contribution is 7.44. The Hall–Kier alpha value is -3.34. The van der Waals surface area contributed by atoms with Crippen molar-refractivity contribution in [1.82, 2.24) is 15.1 Å². The van der Waals surface area contributed by atoms with Crippen LogP contribution < -0.4 is 19.9 Å². The predicted molar refractivity (Wildman–Crippen MR) is 118 cm³/mol. The van der Waals surface area contributed by atoms with Crippen molar-refractivity contribution < 1.29 is 32.7 Å². The summed E-state index contributed by atoms with van der Waals surface area (Å²) in [5.41, 5.74) is 8.91. The molecule has 13 heteroatoms. The predicted octanol–water partition coefficient (Wildman–Crippen LogP) is 2.26. The smallest absolute Gasteiger partial charge is 0.285 e. The first kappa shape index (κ1) is 23.8. The number of halogens is 1. The Bertz CT molecular complexity index is 1330. The molecule has 0 amide bonds. The minimum Gasteiger partial charge on any atom is -0.756 e. The van der Waals surface area contributed by atoms with Crippen molar-refractivity contribution in [3.8, 4) is 17.2 Å². The van der Waals surface area contributed by atoms with Gasteiger partial charge in [0.1, 0.15) is 12.2 Å². The highest BCUT2D eigenvalue weighted by atomic mass is 35.5. The lowest BCUT2D eigenvalue weighted by molar-refractivity contribution is -0.712. The van der Waals surface area contributed by atoms with Gasteiger partial charge in [-0.25, -0.2) is 9.55 Å². The van der Waals surface area contributed by atoms with Gasteiger partial charge in [0.05, 0.1) is 16.9 Å². The lowest BCUT2D eigenvalue weighted by atomic mass is 10.1. The molecule has 4 heterocycles. The number of nitrogens with zero attached hydrogens (tertiary/aromatic N) is 4. The lowest BCUT2D eigenvalue weighted by Crippen LogP contribution is -2.38. The van der Waals surface area contributed by atoms with E-state index in [2.05, 4.69) is 19.6 Å². The van der Waals surface area contributed by atoms with Crippen molar-refractivity contribution in [2.24, 2.45) is 0 Å². The van der Waals surface area contributed by atoms with Crippen LogP contribution >= 0.6 is 19.4 Å².